The van der Waals surface area contributed by atoms with Gasteiger partial charge in [0.15, 0.2) is 5.69 Å². The molecule has 0 aliphatic rings. The van der Waals surface area contributed by atoms with Gasteiger partial charge in [0.25, 0.3) is 11.8 Å². The Morgan fingerprint density at radius 2 is 1.70 bits per heavy atom. The first kappa shape index (κ1) is 30.8. The maximum absolute atomic E-state index is 13.3. The first-order chi connectivity index (χ1) is 18.5. The first-order valence-corrected chi connectivity index (χ1v) is 13.4. The van der Waals surface area contributed by atoms with Crippen molar-refractivity contribution < 1.29 is 40.1 Å². The predicted molar refractivity (Wildman–Crippen MR) is 135 cm³/mol. The van der Waals surface area contributed by atoms with Crippen LogP contribution in [-0.2, 0) is 29.7 Å². The quantitative estimate of drug-likeness (QED) is 0.370. The van der Waals surface area contributed by atoms with Crippen LogP contribution in [0.1, 0.15) is 56.0 Å². The number of hydrogen-bond donors (Lipinski definition) is 2. The smallest absolute Gasteiger partial charge is 0.349 e. The lowest BCUT2D eigenvalue weighted by atomic mass is 10.00. The van der Waals surface area contributed by atoms with Crippen molar-refractivity contribution in [1.29, 1.82) is 0 Å². The van der Waals surface area contributed by atoms with Gasteiger partial charge in [-0.2, -0.15) is 31.4 Å². The Kier molecular flexibility index (Phi) is 9.07. The van der Waals surface area contributed by atoms with Gasteiger partial charge in [-0.15, -0.1) is 0 Å². The molecule has 1 aromatic carbocycles. The zero-order chi connectivity index (χ0) is 30.0. The number of aryl methyl sites for hydroxylation is 2. The van der Waals surface area contributed by atoms with Gasteiger partial charge in [0.1, 0.15) is 5.69 Å². The summed E-state index contributed by atoms with van der Waals surface area (Å²) < 4.78 is 90.5. The van der Waals surface area contributed by atoms with E-state index in [9.17, 15) is 40.1 Å². The van der Waals surface area contributed by atoms with E-state index in [1.165, 1.54) is 31.4 Å². The number of benzene rings is 1. The standard InChI is InChI=1S/C25H25F6N5O3S/c1-13-6-5-7-17(21(13)23(38)32-14(2)12-40(4)39)22(37)34-18-9-8-16(33-15(18)3)11-36-20(25(29,30)31)10-19(35-36)24(26,27)28/h5-10,14H,11-12H2,1-4H3,(H,32,38)(H,34,37)/t14-,40?/m0/s1. The third-order valence-corrected chi connectivity index (χ3v) is 6.64. The third kappa shape index (κ3) is 7.46. The molecule has 0 saturated heterocycles. The first-order valence-electron chi connectivity index (χ1n) is 11.7. The van der Waals surface area contributed by atoms with E-state index >= 15 is 0 Å². The highest BCUT2D eigenvalue weighted by Gasteiger charge is 2.42. The summed E-state index contributed by atoms with van der Waals surface area (Å²) in [6, 6.07) is 6.75. The van der Waals surface area contributed by atoms with Crippen LogP contribution in [0.25, 0.3) is 0 Å². The Morgan fingerprint density at radius 3 is 2.27 bits per heavy atom. The number of halogens is 6. The average Bonchev–Trinajstić information content (AvgIpc) is 3.25. The number of nitrogens with one attached hydrogen (secondary N) is 2. The monoisotopic (exact) mass is 589 g/mol. The SMILES string of the molecule is Cc1cccc(C(=O)Nc2ccc(Cn3nc(C(F)(F)F)cc3C(F)(F)F)nc2C)c1C(=O)N[C@@H](C)CS(C)=O. The number of alkyl halides is 6. The number of anilines is 1. The van der Waals surface area contributed by atoms with Crippen molar-refractivity contribution in [1.82, 2.24) is 20.1 Å². The van der Waals surface area contributed by atoms with E-state index in [0.717, 1.165) is 0 Å². The molecule has 216 valence electrons. The van der Waals surface area contributed by atoms with E-state index in [4.69, 9.17) is 0 Å². The summed E-state index contributed by atoms with van der Waals surface area (Å²) >= 11 is 0. The minimum absolute atomic E-state index is 0.0317. The number of pyridine rings is 1. The van der Waals surface area contributed by atoms with Crippen LogP contribution >= 0.6 is 0 Å². The molecule has 0 bridgehead atoms. The van der Waals surface area contributed by atoms with Gasteiger partial charge in [-0.25, -0.2) is 0 Å². The molecule has 1 unspecified atom stereocenters. The lowest BCUT2D eigenvalue weighted by Gasteiger charge is -2.17. The van der Waals surface area contributed by atoms with E-state index < -0.39 is 58.9 Å². The minimum Gasteiger partial charge on any atom is -0.349 e. The zero-order valence-electron chi connectivity index (χ0n) is 21.7. The van der Waals surface area contributed by atoms with Gasteiger partial charge in [-0.1, -0.05) is 12.1 Å². The van der Waals surface area contributed by atoms with Crippen LogP contribution in [0.2, 0.25) is 0 Å². The molecule has 2 heterocycles. The second kappa shape index (κ2) is 11.8. The molecule has 3 rings (SSSR count). The second-order valence-electron chi connectivity index (χ2n) is 9.07. The topological polar surface area (TPSA) is 106 Å². The number of hydrogen-bond acceptors (Lipinski definition) is 5. The van der Waals surface area contributed by atoms with E-state index in [1.54, 1.807) is 26.0 Å². The third-order valence-electron chi connectivity index (χ3n) is 5.67. The fourth-order valence-electron chi connectivity index (χ4n) is 3.93. The molecule has 0 radical (unpaired) electrons. The molecule has 40 heavy (non-hydrogen) atoms. The lowest BCUT2D eigenvalue weighted by molar-refractivity contribution is -0.144. The van der Waals surface area contributed by atoms with Gasteiger partial charge in [0, 0.05) is 34.9 Å². The van der Waals surface area contributed by atoms with E-state index in [-0.39, 0.29) is 44.7 Å². The zero-order valence-corrected chi connectivity index (χ0v) is 22.5. The van der Waals surface area contributed by atoms with Crippen molar-refractivity contribution in [3.63, 3.8) is 0 Å². The average molecular weight is 590 g/mol. The van der Waals surface area contributed by atoms with Gasteiger partial charge in [0.05, 0.1) is 34.7 Å². The van der Waals surface area contributed by atoms with Crippen molar-refractivity contribution in [2.45, 2.75) is 45.7 Å². The van der Waals surface area contributed by atoms with Crippen LogP contribution in [0.3, 0.4) is 0 Å². The molecular formula is C25H25F6N5O3S. The van der Waals surface area contributed by atoms with Crippen LogP contribution in [0, 0.1) is 13.8 Å². The Balaban J connectivity index is 1.84. The molecule has 0 aliphatic carbocycles. The molecule has 0 spiro atoms. The van der Waals surface area contributed by atoms with Gasteiger partial charge >= 0.3 is 12.4 Å². The molecule has 2 N–H and O–H groups in total. The number of rotatable bonds is 8. The molecule has 0 saturated carbocycles. The maximum atomic E-state index is 13.3. The van der Waals surface area contributed by atoms with Gasteiger partial charge in [-0.3, -0.25) is 23.5 Å². The summed E-state index contributed by atoms with van der Waals surface area (Å²) in [6.07, 6.45) is -8.65. The fourth-order valence-corrected chi connectivity index (χ4v) is 4.72. The Morgan fingerprint density at radius 1 is 1.02 bits per heavy atom. The number of amides is 2. The van der Waals surface area contributed by atoms with E-state index in [0.29, 0.717) is 5.56 Å². The number of nitrogens with zero attached hydrogens (tertiary/aromatic N) is 3. The predicted octanol–water partition coefficient (Wildman–Crippen LogP) is 4.73. The normalized spacial score (nSPS) is 13.6. The van der Waals surface area contributed by atoms with Crippen molar-refractivity contribution in [3.8, 4) is 0 Å². The number of carbonyl (C=O) groups is 2. The van der Waals surface area contributed by atoms with Crippen LogP contribution in [0.5, 0.6) is 0 Å². The molecule has 0 fully saturated rings. The minimum atomic E-state index is -5.08. The largest absolute Gasteiger partial charge is 0.435 e. The molecule has 15 heteroatoms. The molecular weight excluding hydrogens is 564 g/mol. The second-order valence-corrected chi connectivity index (χ2v) is 10.5. The molecule has 2 atom stereocenters. The highest BCUT2D eigenvalue weighted by atomic mass is 32.2. The number of carbonyl (C=O) groups excluding carboxylic acids is 2. The van der Waals surface area contributed by atoms with Crippen molar-refractivity contribution in [2.75, 3.05) is 17.3 Å². The van der Waals surface area contributed by atoms with Crippen LogP contribution < -0.4 is 10.6 Å². The van der Waals surface area contributed by atoms with Crippen molar-refractivity contribution >= 4 is 28.3 Å². The summed E-state index contributed by atoms with van der Waals surface area (Å²) in [7, 11) is -1.15. The van der Waals surface area contributed by atoms with E-state index in [1.807, 2.05) is 0 Å². The molecule has 8 nitrogen and oxygen atoms in total. The van der Waals surface area contributed by atoms with Gasteiger partial charge in [0.2, 0.25) is 0 Å². The Hall–Kier alpha value is -3.75. The van der Waals surface area contributed by atoms with Crippen molar-refractivity contribution in [2.24, 2.45) is 0 Å². The lowest BCUT2D eigenvalue weighted by Crippen LogP contribution is -2.37. The van der Waals surface area contributed by atoms with Crippen LogP contribution in [-0.4, -0.2) is 48.8 Å². The van der Waals surface area contributed by atoms with Crippen LogP contribution in [0.15, 0.2) is 36.4 Å². The highest BCUT2D eigenvalue weighted by Crippen LogP contribution is 2.35. The summed E-state index contributed by atoms with van der Waals surface area (Å²) in [4.78, 5) is 30.2. The van der Waals surface area contributed by atoms with E-state index in [2.05, 4.69) is 20.7 Å². The molecule has 2 amide bonds. The Bertz CT molecular complexity index is 1450. The summed E-state index contributed by atoms with van der Waals surface area (Å²) in [6.45, 7) is 4.07. The summed E-state index contributed by atoms with van der Waals surface area (Å²) in [5.41, 5.74) is -2.30. The molecule has 3 aromatic rings. The fraction of sp³-hybridized carbons (Fsp3) is 0.360. The molecule has 2 aromatic heterocycles. The van der Waals surface area contributed by atoms with Gasteiger partial charge in [-0.05, 0) is 44.5 Å². The molecule has 0 aliphatic heterocycles. The maximum Gasteiger partial charge on any atom is 0.435 e. The summed E-state index contributed by atoms with van der Waals surface area (Å²) in [5.74, 6) is -0.986. The van der Waals surface area contributed by atoms with Crippen molar-refractivity contribution in [3.05, 3.63) is 75.9 Å². The van der Waals surface area contributed by atoms with Crippen LogP contribution in [0.4, 0.5) is 32.0 Å². The Labute approximate surface area is 227 Å². The van der Waals surface area contributed by atoms with Gasteiger partial charge < -0.3 is 10.6 Å². The highest BCUT2D eigenvalue weighted by molar-refractivity contribution is 7.84. The number of aromatic nitrogens is 3. The summed E-state index contributed by atoms with van der Waals surface area (Å²) in [5, 5.41) is 8.38.